The molecular weight excluding hydrogens is 228 g/mol. The predicted octanol–water partition coefficient (Wildman–Crippen LogP) is 0.890. The molecule has 102 valence electrons. The van der Waals surface area contributed by atoms with Crippen LogP contribution in [0.3, 0.4) is 0 Å². The molecule has 1 amide bonds. The van der Waals surface area contributed by atoms with Crippen molar-refractivity contribution in [1.29, 1.82) is 0 Å². The molecule has 0 spiro atoms. The second kappa shape index (κ2) is 5.17. The van der Waals surface area contributed by atoms with Crippen molar-refractivity contribution in [3.05, 3.63) is 0 Å². The van der Waals surface area contributed by atoms with Gasteiger partial charge in [-0.1, -0.05) is 0 Å². The second-order valence-corrected chi connectivity index (χ2v) is 6.20. The Morgan fingerprint density at radius 3 is 2.94 bits per heavy atom. The molecule has 4 nitrogen and oxygen atoms in total. The van der Waals surface area contributed by atoms with Crippen molar-refractivity contribution in [2.75, 3.05) is 13.1 Å². The summed E-state index contributed by atoms with van der Waals surface area (Å²) in [6.45, 7) is 1.93. The third-order valence-corrected chi connectivity index (χ3v) is 4.91. The van der Waals surface area contributed by atoms with Gasteiger partial charge in [0, 0.05) is 25.0 Å². The standard InChI is InChI=1S/C14H24N2O2/c17-11-5-4-10(7-11)9-15-12-8-14(18)16-6-2-1-3-13(12)16/h10-13,15,17H,1-9H2. The number of amides is 1. The summed E-state index contributed by atoms with van der Waals surface area (Å²) in [5.74, 6) is 0.941. The molecule has 3 fully saturated rings. The summed E-state index contributed by atoms with van der Waals surface area (Å²) in [5, 5.41) is 13.1. The van der Waals surface area contributed by atoms with Crippen molar-refractivity contribution in [3.63, 3.8) is 0 Å². The Balaban J connectivity index is 1.52. The number of aliphatic hydroxyl groups is 1. The van der Waals surface area contributed by atoms with Gasteiger partial charge in [0.05, 0.1) is 6.10 Å². The molecule has 1 aliphatic carbocycles. The zero-order chi connectivity index (χ0) is 12.5. The van der Waals surface area contributed by atoms with Gasteiger partial charge in [-0.2, -0.15) is 0 Å². The Morgan fingerprint density at radius 1 is 1.28 bits per heavy atom. The molecule has 4 heteroatoms. The smallest absolute Gasteiger partial charge is 0.224 e. The number of nitrogens with one attached hydrogen (secondary N) is 1. The Morgan fingerprint density at radius 2 is 2.17 bits per heavy atom. The molecule has 2 heterocycles. The summed E-state index contributed by atoms with van der Waals surface area (Å²) in [6, 6.07) is 0.799. The van der Waals surface area contributed by atoms with E-state index < -0.39 is 0 Å². The zero-order valence-corrected chi connectivity index (χ0v) is 11.0. The molecule has 18 heavy (non-hydrogen) atoms. The van der Waals surface area contributed by atoms with Crippen molar-refractivity contribution in [1.82, 2.24) is 10.2 Å². The fourth-order valence-electron chi connectivity index (χ4n) is 3.89. The summed E-state index contributed by atoms with van der Waals surface area (Å²) in [5.41, 5.74) is 0. The molecule has 0 aromatic heterocycles. The van der Waals surface area contributed by atoms with Gasteiger partial charge in [-0.25, -0.2) is 0 Å². The Bertz CT molecular complexity index is 321. The Hall–Kier alpha value is -0.610. The molecule has 0 radical (unpaired) electrons. The summed E-state index contributed by atoms with van der Waals surface area (Å²) >= 11 is 0. The number of carbonyl (C=O) groups is 1. The molecule has 0 bridgehead atoms. The largest absolute Gasteiger partial charge is 0.393 e. The van der Waals surface area contributed by atoms with Gasteiger partial charge >= 0.3 is 0 Å². The fraction of sp³-hybridized carbons (Fsp3) is 0.929. The lowest BCUT2D eigenvalue weighted by molar-refractivity contribution is -0.129. The molecule has 0 aromatic carbocycles. The van der Waals surface area contributed by atoms with Crippen molar-refractivity contribution >= 4 is 5.91 Å². The van der Waals surface area contributed by atoms with E-state index in [9.17, 15) is 9.90 Å². The average Bonchev–Trinajstić information content (AvgIpc) is 2.92. The highest BCUT2D eigenvalue weighted by atomic mass is 16.3. The van der Waals surface area contributed by atoms with E-state index in [0.29, 0.717) is 30.3 Å². The van der Waals surface area contributed by atoms with Gasteiger partial charge in [-0.3, -0.25) is 4.79 Å². The fourth-order valence-corrected chi connectivity index (χ4v) is 3.89. The Labute approximate surface area is 109 Å². The van der Waals surface area contributed by atoms with Crippen molar-refractivity contribution in [3.8, 4) is 0 Å². The van der Waals surface area contributed by atoms with Crippen LogP contribution >= 0.6 is 0 Å². The third-order valence-electron chi connectivity index (χ3n) is 4.91. The number of piperidine rings is 1. The van der Waals surface area contributed by atoms with E-state index in [1.54, 1.807) is 0 Å². The first-order valence-corrected chi connectivity index (χ1v) is 7.45. The first-order valence-electron chi connectivity index (χ1n) is 7.45. The predicted molar refractivity (Wildman–Crippen MR) is 69.1 cm³/mol. The molecule has 2 N–H and O–H groups in total. The summed E-state index contributed by atoms with van der Waals surface area (Å²) in [4.78, 5) is 14.0. The van der Waals surface area contributed by atoms with Crippen LogP contribution < -0.4 is 5.32 Å². The van der Waals surface area contributed by atoms with Gasteiger partial charge in [-0.05, 0) is 51.0 Å². The number of hydrogen-bond acceptors (Lipinski definition) is 3. The van der Waals surface area contributed by atoms with E-state index in [0.717, 1.165) is 38.8 Å². The number of aliphatic hydroxyl groups excluding tert-OH is 1. The molecule has 2 saturated heterocycles. The molecule has 4 unspecified atom stereocenters. The van der Waals surface area contributed by atoms with Crippen LogP contribution in [0.4, 0.5) is 0 Å². The van der Waals surface area contributed by atoms with Crippen LogP contribution in [0.1, 0.15) is 44.9 Å². The monoisotopic (exact) mass is 252 g/mol. The van der Waals surface area contributed by atoms with E-state index in [1.165, 1.54) is 12.8 Å². The lowest BCUT2D eigenvalue weighted by Gasteiger charge is -2.33. The molecule has 2 aliphatic heterocycles. The van der Waals surface area contributed by atoms with E-state index in [1.807, 2.05) is 0 Å². The molecule has 3 rings (SSSR count). The molecule has 0 aromatic rings. The normalized spacial score (nSPS) is 40.3. The minimum atomic E-state index is -0.0896. The molecular formula is C14H24N2O2. The van der Waals surface area contributed by atoms with Crippen LogP contribution in [0, 0.1) is 5.92 Å². The highest BCUT2D eigenvalue weighted by molar-refractivity contribution is 5.80. The average molecular weight is 252 g/mol. The van der Waals surface area contributed by atoms with Gasteiger partial charge < -0.3 is 15.3 Å². The summed E-state index contributed by atoms with van der Waals surface area (Å²) in [6.07, 6.45) is 7.19. The number of carbonyl (C=O) groups excluding carboxylic acids is 1. The maximum Gasteiger partial charge on any atom is 0.224 e. The molecule has 4 atom stereocenters. The van der Waals surface area contributed by atoms with Crippen molar-refractivity contribution in [2.24, 2.45) is 5.92 Å². The van der Waals surface area contributed by atoms with Crippen LogP contribution in [-0.4, -0.2) is 47.2 Å². The van der Waals surface area contributed by atoms with E-state index >= 15 is 0 Å². The maximum atomic E-state index is 11.9. The first kappa shape index (κ1) is 12.4. The van der Waals surface area contributed by atoms with Crippen LogP contribution in [0.5, 0.6) is 0 Å². The van der Waals surface area contributed by atoms with Crippen molar-refractivity contribution in [2.45, 2.75) is 63.1 Å². The lowest BCUT2D eigenvalue weighted by Crippen LogP contribution is -2.46. The highest BCUT2D eigenvalue weighted by Gasteiger charge is 2.40. The number of nitrogens with zero attached hydrogens (tertiary/aromatic N) is 1. The van der Waals surface area contributed by atoms with E-state index in [-0.39, 0.29) is 6.10 Å². The summed E-state index contributed by atoms with van der Waals surface area (Å²) in [7, 11) is 0. The topological polar surface area (TPSA) is 52.6 Å². The van der Waals surface area contributed by atoms with Gasteiger partial charge in [0.2, 0.25) is 5.91 Å². The van der Waals surface area contributed by atoms with Gasteiger partial charge in [0.1, 0.15) is 0 Å². The second-order valence-electron chi connectivity index (χ2n) is 6.20. The van der Waals surface area contributed by atoms with Gasteiger partial charge in [0.15, 0.2) is 0 Å². The third kappa shape index (κ3) is 2.41. The van der Waals surface area contributed by atoms with Crippen LogP contribution in [-0.2, 0) is 4.79 Å². The number of fused-ring (bicyclic) bond motifs is 1. The van der Waals surface area contributed by atoms with Crippen LogP contribution in [0.2, 0.25) is 0 Å². The Kier molecular flexibility index (Phi) is 3.57. The van der Waals surface area contributed by atoms with Crippen molar-refractivity contribution < 1.29 is 9.90 Å². The SMILES string of the molecule is O=C1CC(NCC2CCC(O)C2)C2CCCCN12. The number of hydrogen-bond donors (Lipinski definition) is 2. The zero-order valence-electron chi connectivity index (χ0n) is 11.0. The van der Waals surface area contributed by atoms with E-state index in [4.69, 9.17) is 0 Å². The van der Waals surface area contributed by atoms with Crippen LogP contribution in [0.25, 0.3) is 0 Å². The maximum absolute atomic E-state index is 11.9. The quantitative estimate of drug-likeness (QED) is 0.784. The van der Waals surface area contributed by atoms with Gasteiger partial charge in [0.25, 0.3) is 0 Å². The lowest BCUT2D eigenvalue weighted by atomic mass is 9.98. The molecule has 1 saturated carbocycles. The summed E-state index contributed by atoms with van der Waals surface area (Å²) < 4.78 is 0. The minimum absolute atomic E-state index is 0.0896. The number of rotatable bonds is 3. The van der Waals surface area contributed by atoms with Crippen LogP contribution in [0.15, 0.2) is 0 Å². The molecule has 3 aliphatic rings. The first-order chi connectivity index (χ1) is 8.74. The van der Waals surface area contributed by atoms with Gasteiger partial charge in [-0.15, -0.1) is 0 Å². The van der Waals surface area contributed by atoms with E-state index in [2.05, 4.69) is 10.2 Å². The minimum Gasteiger partial charge on any atom is -0.393 e. The highest BCUT2D eigenvalue weighted by Crippen LogP contribution is 2.29.